The van der Waals surface area contributed by atoms with Crippen molar-refractivity contribution >= 4 is 0 Å². The van der Waals surface area contributed by atoms with Gasteiger partial charge in [0.05, 0.1) is 12.2 Å². The van der Waals surface area contributed by atoms with E-state index in [1.54, 1.807) is 25.1 Å². The summed E-state index contributed by atoms with van der Waals surface area (Å²) in [7, 11) is 0. The van der Waals surface area contributed by atoms with Gasteiger partial charge in [-0.05, 0) is 6.07 Å². The van der Waals surface area contributed by atoms with Crippen molar-refractivity contribution in [3.05, 3.63) is 52.8 Å². The van der Waals surface area contributed by atoms with Crippen molar-refractivity contribution in [2.75, 3.05) is 0 Å². The van der Waals surface area contributed by atoms with Crippen LogP contribution in [0.5, 0.6) is 11.5 Å². The Morgan fingerprint density at radius 3 is 2.74 bits per heavy atom. The van der Waals surface area contributed by atoms with E-state index in [0.29, 0.717) is 17.9 Å². The van der Waals surface area contributed by atoms with Crippen molar-refractivity contribution in [2.45, 2.75) is 19.6 Å². The Morgan fingerprint density at radius 1 is 1.26 bits per heavy atom. The second-order valence-corrected chi connectivity index (χ2v) is 4.45. The molecule has 5 heteroatoms. The minimum absolute atomic E-state index is 0. The zero-order valence-corrected chi connectivity index (χ0v) is 11.1. The van der Waals surface area contributed by atoms with Crippen molar-refractivity contribution in [1.82, 2.24) is 0 Å². The second-order valence-electron chi connectivity index (χ2n) is 4.45. The summed E-state index contributed by atoms with van der Waals surface area (Å²) in [6.45, 7) is 2.23. The molecule has 3 rings (SSSR count). The number of nitrogens with one attached hydrogen (secondary N) is 1. The van der Waals surface area contributed by atoms with Crippen molar-refractivity contribution in [2.24, 2.45) is 0 Å². The molecule has 1 aromatic carbocycles. The third-order valence-electron chi connectivity index (χ3n) is 3.31. The Bertz CT molecular complexity index is 616. The Kier molecular flexibility index (Phi) is 3.64. The zero-order chi connectivity index (χ0) is 12.7. The maximum Gasteiger partial charge on any atom is 0.219 e. The van der Waals surface area contributed by atoms with Gasteiger partial charge in [-0.3, -0.25) is 0 Å². The Balaban J connectivity index is 0.00000133. The molecule has 1 atom stereocenters. The van der Waals surface area contributed by atoms with E-state index in [-0.39, 0.29) is 23.9 Å². The minimum Gasteiger partial charge on any atom is -1.00 e. The van der Waals surface area contributed by atoms with Gasteiger partial charge in [-0.1, -0.05) is 18.2 Å². The maximum absolute atomic E-state index is 10.1. The van der Waals surface area contributed by atoms with Crippen LogP contribution in [0.2, 0.25) is 0 Å². The molecule has 0 saturated heterocycles. The van der Waals surface area contributed by atoms with Gasteiger partial charge in [0.2, 0.25) is 5.69 Å². The smallest absolute Gasteiger partial charge is 0.219 e. The highest BCUT2D eigenvalue weighted by molar-refractivity contribution is 5.49. The molecule has 100 valence electrons. The molecular formula is C14H14ClNO3. The number of phenolic OH excluding ortho intramolecular Hbond substituents is 1. The number of para-hydroxylation sites is 1. The summed E-state index contributed by atoms with van der Waals surface area (Å²) in [5.41, 5.74) is 3.04. The molecule has 1 aliphatic rings. The van der Waals surface area contributed by atoms with Gasteiger partial charge in [-0.15, -0.1) is 0 Å². The van der Waals surface area contributed by atoms with E-state index in [4.69, 9.17) is 4.74 Å². The lowest BCUT2D eigenvalue weighted by atomic mass is 9.98. The third-order valence-corrected chi connectivity index (χ3v) is 3.31. The summed E-state index contributed by atoms with van der Waals surface area (Å²) in [5, 5.41) is 20.0. The molecule has 1 unspecified atom stereocenters. The maximum atomic E-state index is 10.1. The van der Waals surface area contributed by atoms with Gasteiger partial charge in [-0.25, -0.2) is 4.98 Å². The van der Waals surface area contributed by atoms with Crippen LogP contribution in [-0.4, -0.2) is 10.2 Å². The van der Waals surface area contributed by atoms with Crippen molar-refractivity contribution in [3.63, 3.8) is 0 Å². The van der Waals surface area contributed by atoms with E-state index in [9.17, 15) is 10.2 Å². The molecule has 1 aromatic heterocycles. The molecule has 0 bridgehead atoms. The highest BCUT2D eigenvalue weighted by Crippen LogP contribution is 2.43. The van der Waals surface area contributed by atoms with Crippen LogP contribution in [0.25, 0.3) is 0 Å². The van der Waals surface area contributed by atoms with Gasteiger partial charge in [0.15, 0.2) is 11.9 Å². The number of phenols is 1. The van der Waals surface area contributed by atoms with Crippen LogP contribution in [0.15, 0.2) is 30.5 Å². The van der Waals surface area contributed by atoms with Gasteiger partial charge in [-0.2, -0.15) is 0 Å². The molecule has 1 aliphatic heterocycles. The molecular weight excluding hydrogens is 266 g/mol. The van der Waals surface area contributed by atoms with Crippen LogP contribution in [0.1, 0.15) is 28.5 Å². The predicted octanol–water partition coefficient (Wildman–Crippen LogP) is -1.16. The number of hydrogen-bond donors (Lipinski definition) is 2. The molecule has 19 heavy (non-hydrogen) atoms. The van der Waals surface area contributed by atoms with Gasteiger partial charge in [0.25, 0.3) is 0 Å². The number of hydrogen-bond acceptors (Lipinski definition) is 3. The summed E-state index contributed by atoms with van der Waals surface area (Å²) in [6.07, 6.45) is 1.43. The first-order valence-corrected chi connectivity index (χ1v) is 5.81. The molecule has 0 amide bonds. The number of benzene rings is 1. The molecule has 2 heterocycles. The van der Waals surface area contributed by atoms with E-state index in [2.05, 4.69) is 4.98 Å². The fourth-order valence-corrected chi connectivity index (χ4v) is 2.32. The normalized spacial score (nSPS) is 16.8. The van der Waals surface area contributed by atoms with Gasteiger partial charge >= 0.3 is 0 Å². The Labute approximate surface area is 117 Å². The van der Waals surface area contributed by atoms with Crippen LogP contribution in [0.4, 0.5) is 0 Å². The Hall–Kier alpha value is -1.78. The Morgan fingerprint density at radius 2 is 2.00 bits per heavy atom. The number of pyridine rings is 1. The lowest BCUT2D eigenvalue weighted by molar-refractivity contribution is -0.389. The van der Waals surface area contributed by atoms with Crippen molar-refractivity contribution in [1.29, 1.82) is 0 Å². The van der Waals surface area contributed by atoms with Crippen LogP contribution in [-0.2, 0) is 11.3 Å². The number of aromatic amines is 1. The molecule has 3 N–H and O–H groups in total. The average Bonchev–Trinajstić information content (AvgIpc) is 2.79. The van der Waals surface area contributed by atoms with E-state index in [1.165, 1.54) is 0 Å². The monoisotopic (exact) mass is 279 g/mol. The van der Waals surface area contributed by atoms with Crippen molar-refractivity contribution < 1.29 is 32.3 Å². The number of rotatable bonds is 1. The number of ether oxygens (including phenoxy) is 1. The number of fused-ring (bicyclic) bond motifs is 1. The quantitative estimate of drug-likeness (QED) is 0.693. The van der Waals surface area contributed by atoms with Crippen molar-refractivity contribution in [3.8, 4) is 11.5 Å². The summed E-state index contributed by atoms with van der Waals surface area (Å²) < 4.78 is 5.69. The standard InChI is InChI=1S/C14H13NO3.ClH/c1-8-13(17)12-9(6-15-8)7-18-14(12)10-4-2-3-5-11(10)16;/h2-6,14,16-17H,7H2,1H3;1H. The topological polar surface area (TPSA) is 63.8 Å². The summed E-state index contributed by atoms with van der Waals surface area (Å²) in [6, 6.07) is 7.03. The number of halogens is 1. The molecule has 0 spiro atoms. The molecule has 0 radical (unpaired) electrons. The number of aromatic hydroxyl groups is 2. The van der Waals surface area contributed by atoms with E-state index < -0.39 is 6.10 Å². The first kappa shape index (κ1) is 13.6. The van der Waals surface area contributed by atoms with Gasteiger partial charge < -0.3 is 27.4 Å². The largest absolute Gasteiger partial charge is 1.00 e. The molecule has 2 aromatic rings. The first-order valence-electron chi connectivity index (χ1n) is 5.81. The predicted molar refractivity (Wildman–Crippen MR) is 64.1 cm³/mol. The molecule has 0 saturated carbocycles. The number of aryl methyl sites for hydroxylation is 1. The second kappa shape index (κ2) is 5.07. The highest BCUT2D eigenvalue weighted by atomic mass is 35.5. The SMILES string of the molecule is Cc1[nH+]cc2c(c1O)C(c1ccccc1O)OC2.[Cl-]. The summed E-state index contributed by atoms with van der Waals surface area (Å²) in [5.74, 6) is 0.387. The first-order chi connectivity index (χ1) is 8.68. The minimum atomic E-state index is -0.408. The number of H-pyrrole nitrogens is 1. The van der Waals surface area contributed by atoms with E-state index in [0.717, 1.165) is 11.1 Å². The van der Waals surface area contributed by atoms with Gasteiger partial charge in [0, 0.05) is 18.1 Å². The highest BCUT2D eigenvalue weighted by Gasteiger charge is 2.32. The van der Waals surface area contributed by atoms with E-state index in [1.807, 2.05) is 12.3 Å². The number of aromatic nitrogens is 1. The summed E-state index contributed by atoms with van der Waals surface area (Å²) >= 11 is 0. The van der Waals surface area contributed by atoms with Gasteiger partial charge in [0.1, 0.15) is 11.9 Å². The van der Waals surface area contributed by atoms with E-state index >= 15 is 0 Å². The van der Waals surface area contributed by atoms with Crippen LogP contribution >= 0.6 is 0 Å². The molecule has 0 aliphatic carbocycles. The third kappa shape index (κ3) is 2.13. The van der Waals surface area contributed by atoms with Crippen LogP contribution in [0, 0.1) is 6.92 Å². The lowest BCUT2D eigenvalue weighted by Gasteiger charge is -2.13. The zero-order valence-electron chi connectivity index (χ0n) is 10.4. The van der Waals surface area contributed by atoms with Crippen LogP contribution < -0.4 is 17.4 Å². The fourth-order valence-electron chi connectivity index (χ4n) is 2.32. The fraction of sp³-hybridized carbons (Fsp3) is 0.214. The average molecular weight is 280 g/mol. The molecule has 4 nitrogen and oxygen atoms in total. The van der Waals surface area contributed by atoms with Crippen LogP contribution in [0.3, 0.4) is 0 Å². The summed E-state index contributed by atoms with van der Waals surface area (Å²) in [4.78, 5) is 2.99. The lowest BCUT2D eigenvalue weighted by Crippen LogP contribution is -3.00. The molecule has 0 fully saturated rings.